The van der Waals surface area contributed by atoms with Crippen LogP contribution in [0.2, 0.25) is 0 Å². The van der Waals surface area contributed by atoms with E-state index in [9.17, 15) is 9.59 Å². The maximum absolute atomic E-state index is 12.7. The highest BCUT2D eigenvalue weighted by atomic mass is 79.9. The number of carbonyl (C=O) groups is 2. The van der Waals surface area contributed by atoms with E-state index < -0.39 is 17.4 Å². The average Bonchev–Trinajstić information content (AvgIpc) is 2.48. The van der Waals surface area contributed by atoms with E-state index in [1.165, 1.54) is 6.92 Å². The minimum absolute atomic E-state index is 0.247. The third kappa shape index (κ3) is 3.44. The third-order valence-corrected chi connectivity index (χ3v) is 4.42. The van der Waals surface area contributed by atoms with Gasteiger partial charge in [-0.2, -0.15) is 0 Å². The Bertz CT molecular complexity index is 523. The highest BCUT2D eigenvalue weighted by molar-refractivity contribution is 9.10. The number of carboxylic acids is 1. The number of aliphatic carboxylic acids is 1. The van der Waals surface area contributed by atoms with Crippen molar-refractivity contribution in [1.29, 1.82) is 0 Å². The van der Waals surface area contributed by atoms with Crippen molar-refractivity contribution in [1.82, 2.24) is 5.32 Å². The van der Waals surface area contributed by atoms with Crippen molar-refractivity contribution in [3.63, 3.8) is 0 Å². The minimum atomic E-state index is -1.04. The Morgan fingerprint density at radius 1 is 1.29 bits per heavy atom. The van der Waals surface area contributed by atoms with Crippen molar-refractivity contribution >= 4 is 27.8 Å². The standard InChI is InChI=1S/C15H18BrNO4/c1-10(13(18)19)17-14(20)15(6-8-21-9-7-15)11-2-4-12(16)5-3-11/h2-5,10H,6-9H2,1H3,(H,17,20)(H,18,19)/t10-/m1/s1. The number of hydrogen-bond donors (Lipinski definition) is 2. The maximum atomic E-state index is 12.7. The molecule has 0 aliphatic carbocycles. The fourth-order valence-electron chi connectivity index (χ4n) is 2.53. The predicted octanol–water partition coefficient (Wildman–Crippen LogP) is 2.09. The minimum Gasteiger partial charge on any atom is -0.480 e. The Hall–Kier alpha value is -1.40. The Kier molecular flexibility index (Phi) is 5.00. The molecule has 1 aromatic rings. The molecule has 21 heavy (non-hydrogen) atoms. The van der Waals surface area contributed by atoms with Crippen LogP contribution in [0.5, 0.6) is 0 Å². The smallest absolute Gasteiger partial charge is 0.325 e. The molecule has 1 aromatic carbocycles. The summed E-state index contributed by atoms with van der Waals surface area (Å²) in [5, 5.41) is 11.6. The molecule has 0 bridgehead atoms. The summed E-state index contributed by atoms with van der Waals surface area (Å²) in [6.07, 6.45) is 1.10. The molecule has 1 heterocycles. The Morgan fingerprint density at radius 3 is 2.38 bits per heavy atom. The van der Waals surface area contributed by atoms with Crippen LogP contribution in [0.25, 0.3) is 0 Å². The van der Waals surface area contributed by atoms with Crippen LogP contribution in [0.1, 0.15) is 25.3 Å². The van der Waals surface area contributed by atoms with E-state index in [0.29, 0.717) is 26.1 Å². The zero-order chi connectivity index (χ0) is 15.5. The van der Waals surface area contributed by atoms with E-state index in [0.717, 1.165) is 10.0 Å². The first-order chi connectivity index (χ1) is 9.95. The number of rotatable bonds is 4. The van der Waals surface area contributed by atoms with E-state index in [1.807, 2.05) is 24.3 Å². The van der Waals surface area contributed by atoms with Gasteiger partial charge >= 0.3 is 5.97 Å². The Labute approximate surface area is 131 Å². The van der Waals surface area contributed by atoms with Gasteiger partial charge in [0.15, 0.2) is 0 Å². The van der Waals surface area contributed by atoms with Gasteiger partial charge in [0.05, 0.1) is 5.41 Å². The zero-order valence-electron chi connectivity index (χ0n) is 11.8. The molecular weight excluding hydrogens is 338 g/mol. The molecule has 114 valence electrons. The van der Waals surface area contributed by atoms with Crippen molar-refractivity contribution in [2.24, 2.45) is 0 Å². The second kappa shape index (κ2) is 6.58. The number of carboxylic acid groups (broad SMARTS) is 1. The quantitative estimate of drug-likeness (QED) is 0.866. The molecule has 0 unspecified atom stereocenters. The third-order valence-electron chi connectivity index (χ3n) is 3.90. The van der Waals surface area contributed by atoms with Gasteiger partial charge in [0, 0.05) is 17.7 Å². The Balaban J connectivity index is 2.30. The summed E-state index contributed by atoms with van der Waals surface area (Å²) in [5.41, 5.74) is 0.173. The van der Waals surface area contributed by atoms with Gasteiger partial charge in [-0.1, -0.05) is 28.1 Å². The molecule has 0 aromatic heterocycles. The van der Waals surface area contributed by atoms with E-state index >= 15 is 0 Å². The van der Waals surface area contributed by atoms with Crippen molar-refractivity contribution in [3.8, 4) is 0 Å². The first-order valence-corrected chi connectivity index (χ1v) is 7.62. The number of nitrogens with one attached hydrogen (secondary N) is 1. The number of carbonyl (C=O) groups excluding carboxylic acids is 1. The van der Waals surface area contributed by atoms with Gasteiger partial charge in [-0.15, -0.1) is 0 Å². The molecule has 0 radical (unpaired) electrons. The Morgan fingerprint density at radius 2 is 1.86 bits per heavy atom. The lowest BCUT2D eigenvalue weighted by molar-refractivity contribution is -0.143. The van der Waals surface area contributed by atoms with E-state index in [4.69, 9.17) is 9.84 Å². The van der Waals surface area contributed by atoms with Crippen LogP contribution in [0, 0.1) is 0 Å². The molecule has 1 aliphatic rings. The summed E-state index contributed by atoms with van der Waals surface area (Å²) in [6.45, 7) is 2.45. The first kappa shape index (κ1) is 16.0. The molecule has 1 atom stereocenters. The van der Waals surface area contributed by atoms with Gasteiger partial charge in [-0.3, -0.25) is 9.59 Å². The first-order valence-electron chi connectivity index (χ1n) is 6.83. The van der Waals surface area contributed by atoms with Crippen LogP contribution >= 0.6 is 15.9 Å². The van der Waals surface area contributed by atoms with E-state index in [2.05, 4.69) is 21.2 Å². The van der Waals surface area contributed by atoms with Crippen LogP contribution in [0.15, 0.2) is 28.7 Å². The summed E-state index contributed by atoms with van der Waals surface area (Å²) in [4.78, 5) is 23.6. The molecular formula is C15H18BrNO4. The molecule has 0 saturated carbocycles. The van der Waals surface area contributed by atoms with Crippen molar-refractivity contribution in [2.45, 2.75) is 31.2 Å². The maximum Gasteiger partial charge on any atom is 0.325 e. The summed E-state index contributed by atoms with van der Waals surface area (Å²) >= 11 is 3.38. The van der Waals surface area contributed by atoms with Gasteiger partial charge in [-0.05, 0) is 37.5 Å². The molecule has 2 N–H and O–H groups in total. The van der Waals surface area contributed by atoms with Gasteiger partial charge in [-0.25, -0.2) is 0 Å². The van der Waals surface area contributed by atoms with Crippen LogP contribution in [0.4, 0.5) is 0 Å². The zero-order valence-corrected chi connectivity index (χ0v) is 13.4. The van der Waals surface area contributed by atoms with Gasteiger partial charge in [0.2, 0.25) is 5.91 Å². The monoisotopic (exact) mass is 355 g/mol. The van der Waals surface area contributed by atoms with Crippen LogP contribution in [-0.2, 0) is 19.7 Å². The predicted molar refractivity (Wildman–Crippen MR) is 81.1 cm³/mol. The van der Waals surface area contributed by atoms with Crippen LogP contribution < -0.4 is 5.32 Å². The molecule has 1 fully saturated rings. The summed E-state index contributed by atoms with van der Waals surface area (Å²) in [6, 6.07) is 6.68. The summed E-state index contributed by atoms with van der Waals surface area (Å²) in [7, 11) is 0. The second-order valence-corrected chi connectivity index (χ2v) is 6.15. The SMILES string of the molecule is C[C@@H](NC(=O)C1(c2ccc(Br)cc2)CCOCC1)C(=O)O. The number of benzene rings is 1. The second-order valence-electron chi connectivity index (χ2n) is 5.23. The van der Waals surface area contributed by atoms with E-state index in [1.54, 1.807) is 0 Å². The number of hydrogen-bond acceptors (Lipinski definition) is 3. The fourth-order valence-corrected chi connectivity index (χ4v) is 2.80. The van der Waals surface area contributed by atoms with Gasteiger partial charge < -0.3 is 15.2 Å². The topological polar surface area (TPSA) is 75.6 Å². The lowest BCUT2D eigenvalue weighted by Crippen LogP contribution is -2.52. The van der Waals surface area contributed by atoms with Crippen molar-refractivity contribution in [2.75, 3.05) is 13.2 Å². The summed E-state index contributed by atoms with van der Waals surface area (Å²) < 4.78 is 6.30. The highest BCUT2D eigenvalue weighted by Gasteiger charge is 2.42. The van der Waals surface area contributed by atoms with Gasteiger partial charge in [0.25, 0.3) is 0 Å². The van der Waals surface area contributed by atoms with Crippen molar-refractivity contribution in [3.05, 3.63) is 34.3 Å². The molecule has 1 saturated heterocycles. The number of halogens is 1. The lowest BCUT2D eigenvalue weighted by atomic mass is 9.73. The molecule has 6 heteroatoms. The molecule has 2 rings (SSSR count). The van der Waals surface area contributed by atoms with Crippen molar-refractivity contribution < 1.29 is 19.4 Å². The summed E-state index contributed by atoms with van der Waals surface area (Å²) in [5.74, 6) is -1.29. The number of amides is 1. The van der Waals surface area contributed by atoms with Gasteiger partial charge in [0.1, 0.15) is 6.04 Å². The number of ether oxygens (including phenoxy) is 1. The highest BCUT2D eigenvalue weighted by Crippen LogP contribution is 2.35. The normalized spacial score (nSPS) is 18.8. The lowest BCUT2D eigenvalue weighted by Gasteiger charge is -2.36. The largest absolute Gasteiger partial charge is 0.480 e. The van der Waals surface area contributed by atoms with Crippen LogP contribution in [0.3, 0.4) is 0 Å². The fraction of sp³-hybridized carbons (Fsp3) is 0.467. The molecule has 5 nitrogen and oxygen atoms in total. The van der Waals surface area contributed by atoms with Crippen LogP contribution in [-0.4, -0.2) is 36.2 Å². The molecule has 1 aliphatic heterocycles. The molecule has 1 amide bonds. The molecule has 0 spiro atoms. The average molecular weight is 356 g/mol. The van der Waals surface area contributed by atoms with E-state index in [-0.39, 0.29) is 5.91 Å².